The molecule has 106 valence electrons. The molecular weight excluding hydrogens is 262 g/mol. The van der Waals surface area contributed by atoms with Gasteiger partial charge in [0.2, 0.25) is 0 Å². The molecule has 0 amide bonds. The number of hydrogen-bond donors (Lipinski definition) is 1. The molecular formula is C15H22ClNO2. The number of anilines is 1. The third-order valence-corrected chi connectivity index (χ3v) is 2.83. The summed E-state index contributed by atoms with van der Waals surface area (Å²) in [5.74, 6) is -0.351. The maximum absolute atomic E-state index is 9.60. The van der Waals surface area contributed by atoms with E-state index in [0.29, 0.717) is 5.88 Å². The number of alkyl halides is 1. The molecule has 0 spiro atoms. The minimum Gasteiger partial charge on any atom is -0.478 e. The van der Waals surface area contributed by atoms with Crippen molar-refractivity contribution in [2.75, 3.05) is 19.0 Å². The van der Waals surface area contributed by atoms with Gasteiger partial charge in [-0.15, -0.1) is 11.6 Å². The molecule has 3 nitrogen and oxygen atoms in total. The Morgan fingerprint density at radius 3 is 2.16 bits per heavy atom. The van der Waals surface area contributed by atoms with Crippen LogP contribution in [-0.2, 0) is 17.1 Å². The van der Waals surface area contributed by atoms with E-state index in [1.165, 1.54) is 23.7 Å². The van der Waals surface area contributed by atoms with E-state index in [4.69, 9.17) is 16.7 Å². The first-order valence-electron chi connectivity index (χ1n) is 6.07. The summed E-state index contributed by atoms with van der Waals surface area (Å²) in [6, 6.07) is 6.32. The van der Waals surface area contributed by atoms with Crippen LogP contribution in [-0.4, -0.2) is 25.2 Å². The Morgan fingerprint density at radius 2 is 1.84 bits per heavy atom. The number of carbonyl (C=O) groups is 1. The fourth-order valence-electron chi connectivity index (χ4n) is 1.61. The van der Waals surface area contributed by atoms with Crippen LogP contribution in [0.3, 0.4) is 0 Å². The van der Waals surface area contributed by atoms with Crippen LogP contribution in [0.4, 0.5) is 5.69 Å². The van der Waals surface area contributed by atoms with E-state index in [1.54, 1.807) is 0 Å². The van der Waals surface area contributed by atoms with Gasteiger partial charge in [0.25, 0.3) is 0 Å². The van der Waals surface area contributed by atoms with Crippen LogP contribution < -0.4 is 4.90 Å². The molecule has 0 aliphatic carbocycles. The first-order chi connectivity index (χ1) is 8.84. The molecule has 0 heterocycles. The summed E-state index contributed by atoms with van der Waals surface area (Å²) in [5.41, 5.74) is 4.03. The number of rotatable bonds is 4. The fraction of sp³-hybridized carbons (Fsp3) is 0.400. The summed E-state index contributed by atoms with van der Waals surface area (Å²) < 4.78 is 0. The lowest BCUT2D eigenvalue weighted by atomic mass is 10.1. The number of hydrogen-bond acceptors (Lipinski definition) is 2. The SMILES string of the molecule is C=C(C)C(=O)O.CCc1cccc(CCl)c1N(C)C. The van der Waals surface area contributed by atoms with Crippen molar-refractivity contribution in [3.05, 3.63) is 41.5 Å². The highest BCUT2D eigenvalue weighted by atomic mass is 35.5. The van der Waals surface area contributed by atoms with Crippen molar-refractivity contribution in [3.63, 3.8) is 0 Å². The highest BCUT2D eigenvalue weighted by Crippen LogP contribution is 2.25. The van der Waals surface area contributed by atoms with Crippen molar-refractivity contribution in [1.29, 1.82) is 0 Å². The Bertz CT molecular complexity index is 408. The van der Waals surface area contributed by atoms with Gasteiger partial charge in [0.05, 0.1) is 0 Å². The molecule has 0 aromatic heterocycles. The second-order valence-corrected chi connectivity index (χ2v) is 4.66. The molecule has 0 atom stereocenters. The van der Waals surface area contributed by atoms with Gasteiger partial charge in [-0.3, -0.25) is 0 Å². The van der Waals surface area contributed by atoms with Crippen LogP contribution in [0.15, 0.2) is 30.4 Å². The molecule has 0 unspecified atom stereocenters. The van der Waals surface area contributed by atoms with E-state index in [9.17, 15) is 4.79 Å². The Balaban J connectivity index is 0.000000459. The third-order valence-electron chi connectivity index (χ3n) is 2.54. The molecule has 1 aromatic carbocycles. The largest absolute Gasteiger partial charge is 0.478 e. The molecule has 0 bridgehead atoms. The predicted molar refractivity (Wildman–Crippen MR) is 82.2 cm³/mol. The van der Waals surface area contributed by atoms with E-state index in [2.05, 4.69) is 50.7 Å². The topological polar surface area (TPSA) is 40.5 Å². The lowest BCUT2D eigenvalue weighted by molar-refractivity contribution is -0.132. The molecule has 0 saturated heterocycles. The highest BCUT2D eigenvalue weighted by Gasteiger charge is 2.07. The third kappa shape index (κ3) is 5.79. The average molecular weight is 284 g/mol. The van der Waals surface area contributed by atoms with Crippen molar-refractivity contribution in [3.8, 4) is 0 Å². The summed E-state index contributed by atoms with van der Waals surface area (Å²) in [6.45, 7) is 6.77. The van der Waals surface area contributed by atoms with E-state index in [0.717, 1.165) is 6.42 Å². The smallest absolute Gasteiger partial charge is 0.330 e. The number of aryl methyl sites for hydroxylation is 1. The summed E-state index contributed by atoms with van der Waals surface area (Å²) in [5, 5.41) is 7.89. The molecule has 0 fully saturated rings. The number of aliphatic carboxylic acids is 1. The second kappa shape index (κ2) is 8.59. The van der Waals surface area contributed by atoms with Crippen LogP contribution in [0.1, 0.15) is 25.0 Å². The van der Waals surface area contributed by atoms with Crippen molar-refractivity contribution < 1.29 is 9.90 Å². The molecule has 4 heteroatoms. The van der Waals surface area contributed by atoms with Gasteiger partial charge >= 0.3 is 5.97 Å². The standard InChI is InChI=1S/C11H16ClN.C4H6O2/c1-4-9-6-5-7-10(8-12)11(9)13(2)3;1-3(2)4(5)6/h5-7H,4,8H2,1-3H3;1H2,2H3,(H,5,6). The number of nitrogens with zero attached hydrogens (tertiary/aromatic N) is 1. The first kappa shape index (κ1) is 17.5. The van der Waals surface area contributed by atoms with E-state index in [-0.39, 0.29) is 5.57 Å². The van der Waals surface area contributed by atoms with Gasteiger partial charge in [0.15, 0.2) is 0 Å². The fourth-order valence-corrected chi connectivity index (χ4v) is 1.83. The average Bonchev–Trinajstić information content (AvgIpc) is 2.37. The molecule has 1 aromatic rings. The van der Waals surface area contributed by atoms with Crippen molar-refractivity contribution in [2.45, 2.75) is 26.1 Å². The molecule has 0 radical (unpaired) electrons. The molecule has 1 rings (SSSR count). The van der Waals surface area contributed by atoms with Crippen molar-refractivity contribution in [1.82, 2.24) is 0 Å². The van der Waals surface area contributed by atoms with E-state index >= 15 is 0 Å². The van der Waals surface area contributed by atoms with Gasteiger partial charge in [-0.05, 0) is 24.5 Å². The maximum atomic E-state index is 9.60. The van der Waals surface area contributed by atoms with Gasteiger partial charge in [0.1, 0.15) is 0 Å². The Hall–Kier alpha value is -1.48. The normalized spacial score (nSPS) is 9.32. The Labute approximate surface area is 120 Å². The minimum atomic E-state index is -0.935. The van der Waals surface area contributed by atoms with E-state index in [1.807, 2.05) is 0 Å². The van der Waals surface area contributed by atoms with Gasteiger partial charge < -0.3 is 10.0 Å². The number of halogens is 1. The molecule has 0 saturated carbocycles. The van der Waals surface area contributed by atoms with Crippen LogP contribution in [0.5, 0.6) is 0 Å². The van der Waals surface area contributed by atoms with Gasteiger partial charge in [-0.2, -0.15) is 0 Å². The van der Waals surface area contributed by atoms with Crippen LogP contribution >= 0.6 is 11.6 Å². The minimum absolute atomic E-state index is 0.176. The molecule has 0 aliphatic heterocycles. The first-order valence-corrected chi connectivity index (χ1v) is 6.61. The summed E-state index contributed by atoms with van der Waals surface area (Å²) in [4.78, 5) is 11.7. The van der Waals surface area contributed by atoms with Crippen LogP contribution in [0.25, 0.3) is 0 Å². The number of carboxylic acid groups (broad SMARTS) is 1. The number of benzene rings is 1. The maximum Gasteiger partial charge on any atom is 0.330 e. The van der Waals surface area contributed by atoms with Crippen molar-refractivity contribution >= 4 is 23.3 Å². The Kier molecular flexibility index (Phi) is 7.92. The second-order valence-electron chi connectivity index (χ2n) is 4.39. The lowest BCUT2D eigenvalue weighted by Crippen LogP contribution is -2.13. The van der Waals surface area contributed by atoms with Gasteiger partial charge in [-0.1, -0.05) is 31.7 Å². The molecule has 1 N–H and O–H groups in total. The summed E-state index contributed by atoms with van der Waals surface area (Å²) >= 11 is 5.88. The van der Waals surface area contributed by atoms with Gasteiger partial charge in [0, 0.05) is 31.2 Å². The zero-order valence-corrected chi connectivity index (χ0v) is 12.8. The molecule has 19 heavy (non-hydrogen) atoms. The quantitative estimate of drug-likeness (QED) is 0.676. The Morgan fingerprint density at radius 1 is 1.37 bits per heavy atom. The van der Waals surface area contributed by atoms with Crippen LogP contribution in [0, 0.1) is 0 Å². The summed E-state index contributed by atoms with van der Waals surface area (Å²) in [7, 11) is 4.12. The monoisotopic (exact) mass is 283 g/mol. The number of para-hydroxylation sites is 1. The summed E-state index contributed by atoms with van der Waals surface area (Å²) in [6.07, 6.45) is 1.05. The van der Waals surface area contributed by atoms with Gasteiger partial charge in [-0.25, -0.2) is 4.79 Å². The van der Waals surface area contributed by atoms with Crippen molar-refractivity contribution in [2.24, 2.45) is 0 Å². The van der Waals surface area contributed by atoms with Crippen LogP contribution in [0.2, 0.25) is 0 Å². The molecule has 0 aliphatic rings. The zero-order valence-electron chi connectivity index (χ0n) is 12.0. The predicted octanol–water partition coefficient (Wildman–Crippen LogP) is 3.70. The zero-order chi connectivity index (χ0) is 15.0. The number of carboxylic acids is 1. The lowest BCUT2D eigenvalue weighted by Gasteiger charge is -2.20. The highest BCUT2D eigenvalue weighted by molar-refractivity contribution is 6.17. The van der Waals surface area contributed by atoms with E-state index < -0.39 is 5.97 Å².